The van der Waals surface area contributed by atoms with Crippen LogP contribution in [0.15, 0.2) is 209 Å². The second-order valence-electron chi connectivity index (χ2n) is 14.1. The van der Waals surface area contributed by atoms with Crippen molar-refractivity contribution in [3.63, 3.8) is 0 Å². The maximum Gasteiger partial charge on any atom is 0.137 e. The molecule has 258 valence electrons. The van der Waals surface area contributed by atoms with Crippen molar-refractivity contribution >= 4 is 71.7 Å². The lowest BCUT2D eigenvalue weighted by atomic mass is 9.94. The molecule has 0 saturated heterocycles. The first kappa shape index (κ1) is 31.2. The molecule has 11 rings (SSSR count). The molecule has 3 nitrogen and oxygen atoms in total. The Morgan fingerprint density at radius 3 is 1.75 bits per heavy atom. The summed E-state index contributed by atoms with van der Waals surface area (Å²) in [4.78, 5) is 2.39. The van der Waals surface area contributed by atoms with Crippen LogP contribution in [0.2, 0.25) is 0 Å². The first-order valence-corrected chi connectivity index (χ1v) is 18.7. The van der Waals surface area contributed by atoms with Crippen molar-refractivity contribution in [1.82, 2.24) is 0 Å². The first-order chi connectivity index (χ1) is 27.3. The Bertz CT molecular complexity index is 3220. The first-order valence-electron chi connectivity index (χ1n) is 18.7. The summed E-state index contributed by atoms with van der Waals surface area (Å²) in [5.74, 6) is 0. The third-order valence-corrected chi connectivity index (χ3v) is 10.9. The standard InChI is InChI=1S/C52H33NO2/c1-2-16-40-35(12-1)13-10-20-41(40)37-14-9-15-38(32-37)42-17-3-6-21-46(42)53(47-22-11-25-50-52(47)45-19-5-8-24-49(45)54-50)39-29-26-34(27-30-39)36-28-31-44-43-18-4-7-23-48(43)55-51(44)33-36/h1-33H. The smallest absolute Gasteiger partial charge is 0.137 e. The highest BCUT2D eigenvalue weighted by Gasteiger charge is 2.22. The SMILES string of the molecule is c1cc(-c2ccccc2N(c2ccc(-c3ccc4c(c3)oc3ccccc34)cc2)c2cccc3oc4ccccc4c23)cc(-c2cccc3ccccc23)c1. The molecule has 0 fully saturated rings. The molecule has 55 heavy (non-hydrogen) atoms. The highest BCUT2D eigenvalue weighted by atomic mass is 16.3. The number of rotatable bonds is 6. The highest BCUT2D eigenvalue weighted by Crippen LogP contribution is 2.46. The van der Waals surface area contributed by atoms with Crippen LogP contribution in [0, 0.1) is 0 Å². The maximum absolute atomic E-state index is 6.43. The second-order valence-corrected chi connectivity index (χ2v) is 14.1. The second kappa shape index (κ2) is 12.6. The number of benzene rings is 9. The molecule has 0 spiro atoms. The quantitative estimate of drug-likeness (QED) is 0.173. The zero-order valence-electron chi connectivity index (χ0n) is 29.8. The van der Waals surface area contributed by atoms with Gasteiger partial charge >= 0.3 is 0 Å². The maximum atomic E-state index is 6.43. The lowest BCUT2D eigenvalue weighted by molar-refractivity contribution is 0.668. The Balaban J connectivity index is 1.08. The van der Waals surface area contributed by atoms with Crippen LogP contribution < -0.4 is 4.90 Å². The summed E-state index contributed by atoms with van der Waals surface area (Å²) in [6.07, 6.45) is 0. The van der Waals surface area contributed by atoms with Crippen LogP contribution in [0.3, 0.4) is 0 Å². The van der Waals surface area contributed by atoms with Crippen molar-refractivity contribution in [2.45, 2.75) is 0 Å². The van der Waals surface area contributed by atoms with Gasteiger partial charge in [-0.15, -0.1) is 0 Å². The average molecular weight is 704 g/mol. The predicted octanol–water partition coefficient (Wildman–Crippen LogP) is 15.1. The molecule has 0 aliphatic heterocycles. The zero-order chi connectivity index (χ0) is 36.3. The normalized spacial score (nSPS) is 11.6. The fourth-order valence-electron chi connectivity index (χ4n) is 8.30. The largest absolute Gasteiger partial charge is 0.456 e. The molecule has 0 aliphatic carbocycles. The molecule has 0 amide bonds. The highest BCUT2D eigenvalue weighted by molar-refractivity contribution is 6.14. The van der Waals surface area contributed by atoms with E-state index in [1.54, 1.807) is 0 Å². The third kappa shape index (κ3) is 5.20. The van der Waals surface area contributed by atoms with Crippen LogP contribution in [0.5, 0.6) is 0 Å². The minimum Gasteiger partial charge on any atom is -0.456 e. The van der Waals surface area contributed by atoms with Gasteiger partial charge in [-0.1, -0.05) is 140 Å². The summed E-state index contributed by atoms with van der Waals surface area (Å²) in [7, 11) is 0. The van der Waals surface area contributed by atoms with Crippen molar-refractivity contribution in [3.8, 4) is 33.4 Å². The van der Waals surface area contributed by atoms with Crippen molar-refractivity contribution in [3.05, 3.63) is 200 Å². The van der Waals surface area contributed by atoms with Crippen molar-refractivity contribution < 1.29 is 8.83 Å². The van der Waals surface area contributed by atoms with Crippen LogP contribution >= 0.6 is 0 Å². The molecule has 0 radical (unpaired) electrons. The van der Waals surface area contributed by atoms with Gasteiger partial charge in [-0.3, -0.25) is 0 Å². The number of furan rings is 2. The summed E-state index contributed by atoms with van der Waals surface area (Å²) >= 11 is 0. The van der Waals surface area contributed by atoms with E-state index >= 15 is 0 Å². The van der Waals surface area contributed by atoms with E-state index in [9.17, 15) is 0 Å². The molecule has 2 aromatic heterocycles. The molecule has 0 bridgehead atoms. The van der Waals surface area contributed by atoms with Gasteiger partial charge in [0, 0.05) is 27.4 Å². The molecule has 0 atom stereocenters. The van der Waals surface area contributed by atoms with E-state index in [2.05, 4.69) is 181 Å². The lowest BCUT2D eigenvalue weighted by Gasteiger charge is -2.29. The van der Waals surface area contributed by atoms with Crippen LogP contribution in [0.4, 0.5) is 17.1 Å². The van der Waals surface area contributed by atoms with Gasteiger partial charge in [0.25, 0.3) is 0 Å². The zero-order valence-corrected chi connectivity index (χ0v) is 29.8. The number of anilines is 3. The lowest BCUT2D eigenvalue weighted by Crippen LogP contribution is -2.11. The Labute approximate surface area is 317 Å². The Hall–Kier alpha value is -7.36. The van der Waals surface area contributed by atoms with E-state index in [4.69, 9.17) is 8.83 Å². The Morgan fingerprint density at radius 2 is 0.873 bits per heavy atom. The van der Waals surface area contributed by atoms with Crippen LogP contribution in [0.25, 0.3) is 88.0 Å². The van der Waals surface area contributed by atoms with Gasteiger partial charge in [-0.25, -0.2) is 0 Å². The van der Waals surface area contributed by atoms with Gasteiger partial charge in [0.15, 0.2) is 0 Å². The molecule has 9 aromatic carbocycles. The van der Waals surface area contributed by atoms with E-state index in [0.717, 1.165) is 83.2 Å². The predicted molar refractivity (Wildman–Crippen MR) is 229 cm³/mol. The third-order valence-electron chi connectivity index (χ3n) is 10.9. The fraction of sp³-hybridized carbons (Fsp3) is 0. The number of hydrogen-bond donors (Lipinski definition) is 0. The van der Waals surface area contributed by atoms with Crippen LogP contribution in [0.1, 0.15) is 0 Å². The van der Waals surface area contributed by atoms with Crippen LogP contribution in [-0.2, 0) is 0 Å². The minimum atomic E-state index is 0.856. The number of para-hydroxylation sites is 3. The molecule has 11 aromatic rings. The Kier molecular flexibility index (Phi) is 7.17. The summed E-state index contributed by atoms with van der Waals surface area (Å²) < 4.78 is 12.7. The number of nitrogens with zero attached hydrogens (tertiary/aromatic N) is 1. The van der Waals surface area contributed by atoms with E-state index in [-0.39, 0.29) is 0 Å². The van der Waals surface area contributed by atoms with E-state index < -0.39 is 0 Å². The van der Waals surface area contributed by atoms with Crippen molar-refractivity contribution in [2.24, 2.45) is 0 Å². The number of hydrogen-bond acceptors (Lipinski definition) is 3. The minimum absolute atomic E-state index is 0.856. The van der Waals surface area contributed by atoms with Gasteiger partial charge in [0.2, 0.25) is 0 Å². The van der Waals surface area contributed by atoms with Gasteiger partial charge in [0.05, 0.1) is 16.8 Å². The van der Waals surface area contributed by atoms with Crippen molar-refractivity contribution in [1.29, 1.82) is 0 Å². The molecule has 3 heteroatoms. The van der Waals surface area contributed by atoms with Crippen LogP contribution in [-0.4, -0.2) is 0 Å². The van der Waals surface area contributed by atoms with Gasteiger partial charge in [-0.05, 0) is 99.3 Å². The molecule has 0 saturated carbocycles. The monoisotopic (exact) mass is 703 g/mol. The molecule has 0 N–H and O–H groups in total. The summed E-state index contributed by atoms with van der Waals surface area (Å²) in [5.41, 5.74) is 13.6. The summed E-state index contributed by atoms with van der Waals surface area (Å²) in [6.45, 7) is 0. The van der Waals surface area contributed by atoms with E-state index in [0.29, 0.717) is 0 Å². The van der Waals surface area contributed by atoms with Crippen molar-refractivity contribution in [2.75, 3.05) is 4.90 Å². The molecule has 2 heterocycles. The molecular formula is C52H33NO2. The average Bonchev–Trinajstić information content (AvgIpc) is 3.83. The molecule has 0 unspecified atom stereocenters. The topological polar surface area (TPSA) is 29.5 Å². The summed E-state index contributed by atoms with van der Waals surface area (Å²) in [5, 5.41) is 6.91. The van der Waals surface area contributed by atoms with E-state index in [1.807, 2.05) is 24.3 Å². The number of fused-ring (bicyclic) bond motifs is 7. The summed E-state index contributed by atoms with van der Waals surface area (Å²) in [6, 6.07) is 71.1. The molecular weight excluding hydrogens is 671 g/mol. The van der Waals surface area contributed by atoms with Gasteiger partial charge in [-0.2, -0.15) is 0 Å². The van der Waals surface area contributed by atoms with Gasteiger partial charge < -0.3 is 13.7 Å². The van der Waals surface area contributed by atoms with Gasteiger partial charge in [0.1, 0.15) is 22.3 Å². The Morgan fingerprint density at radius 1 is 0.309 bits per heavy atom. The molecule has 0 aliphatic rings. The van der Waals surface area contributed by atoms with E-state index in [1.165, 1.54) is 21.9 Å². The fourth-order valence-corrected chi connectivity index (χ4v) is 8.30.